The molecule has 1 aromatic carbocycles. The van der Waals surface area contributed by atoms with E-state index in [1.54, 1.807) is 17.1 Å². The van der Waals surface area contributed by atoms with E-state index in [0.717, 1.165) is 10.0 Å². The Morgan fingerprint density at radius 3 is 2.65 bits per heavy atom. The van der Waals surface area contributed by atoms with Crippen molar-refractivity contribution in [3.05, 3.63) is 52.8 Å². The Kier molecular flexibility index (Phi) is 3.58. The van der Waals surface area contributed by atoms with Gasteiger partial charge in [-0.2, -0.15) is 5.10 Å². The molecule has 0 radical (unpaired) electrons. The van der Waals surface area contributed by atoms with E-state index >= 15 is 0 Å². The third-order valence-corrected chi connectivity index (χ3v) is 2.88. The predicted octanol–water partition coefficient (Wildman–Crippen LogP) is 2.51. The zero-order valence-electron chi connectivity index (χ0n) is 8.95. The Bertz CT molecular complexity index is 510. The molecule has 0 aliphatic heterocycles. The van der Waals surface area contributed by atoms with Gasteiger partial charge in [-0.1, -0.05) is 30.3 Å². The first-order chi connectivity index (χ1) is 8.16. The summed E-state index contributed by atoms with van der Waals surface area (Å²) in [5.41, 5.74) is 0.784. The average Bonchev–Trinajstić information content (AvgIpc) is 2.73. The van der Waals surface area contributed by atoms with Crippen molar-refractivity contribution in [2.45, 2.75) is 12.5 Å². The first-order valence-corrected chi connectivity index (χ1v) is 5.92. The lowest BCUT2D eigenvalue weighted by atomic mass is 9.99. The molecule has 1 heterocycles. The van der Waals surface area contributed by atoms with Crippen LogP contribution in [0.1, 0.15) is 11.5 Å². The van der Waals surface area contributed by atoms with E-state index in [9.17, 15) is 9.90 Å². The lowest BCUT2D eigenvalue weighted by molar-refractivity contribution is -0.139. The van der Waals surface area contributed by atoms with Gasteiger partial charge in [0.15, 0.2) is 0 Å². The minimum Gasteiger partial charge on any atom is -0.481 e. The van der Waals surface area contributed by atoms with Gasteiger partial charge >= 0.3 is 5.97 Å². The van der Waals surface area contributed by atoms with Crippen molar-refractivity contribution in [2.75, 3.05) is 0 Å². The summed E-state index contributed by atoms with van der Waals surface area (Å²) >= 11 is 3.28. The summed E-state index contributed by atoms with van der Waals surface area (Å²) in [7, 11) is 0. The molecule has 1 aromatic heterocycles. The maximum atomic E-state index is 11.3. The van der Waals surface area contributed by atoms with Crippen LogP contribution < -0.4 is 0 Å². The summed E-state index contributed by atoms with van der Waals surface area (Å²) in [5.74, 6) is -1.43. The normalized spacial score (nSPS) is 12.3. The lowest BCUT2D eigenvalue weighted by Crippen LogP contribution is -2.18. The van der Waals surface area contributed by atoms with Gasteiger partial charge in [0.05, 0.1) is 17.2 Å². The molecule has 0 saturated carbocycles. The van der Waals surface area contributed by atoms with E-state index in [0.29, 0.717) is 6.54 Å². The van der Waals surface area contributed by atoms with Gasteiger partial charge in [0.1, 0.15) is 5.92 Å². The largest absolute Gasteiger partial charge is 0.481 e. The van der Waals surface area contributed by atoms with Crippen LogP contribution in [0.3, 0.4) is 0 Å². The van der Waals surface area contributed by atoms with Crippen molar-refractivity contribution in [1.82, 2.24) is 9.78 Å². The Labute approximate surface area is 107 Å². The fourth-order valence-corrected chi connectivity index (χ4v) is 1.96. The summed E-state index contributed by atoms with van der Waals surface area (Å²) in [6.07, 6.45) is 3.41. The third kappa shape index (κ3) is 2.94. The maximum absolute atomic E-state index is 11.3. The second kappa shape index (κ2) is 5.14. The number of benzene rings is 1. The quantitative estimate of drug-likeness (QED) is 0.943. The fraction of sp³-hybridized carbons (Fsp3) is 0.167. The van der Waals surface area contributed by atoms with Crippen LogP contribution >= 0.6 is 15.9 Å². The molecule has 0 bridgehead atoms. The SMILES string of the molecule is O=C(O)C(Cn1cc(Br)cn1)c1ccccc1. The molecule has 0 spiro atoms. The molecular weight excluding hydrogens is 284 g/mol. The number of aliphatic carboxylic acids is 1. The molecule has 0 saturated heterocycles. The van der Waals surface area contributed by atoms with Crippen molar-refractivity contribution in [2.24, 2.45) is 0 Å². The molecule has 4 nitrogen and oxygen atoms in total. The highest BCUT2D eigenvalue weighted by Crippen LogP contribution is 2.18. The minimum absolute atomic E-state index is 0.324. The van der Waals surface area contributed by atoms with Crippen LogP contribution in [0.25, 0.3) is 0 Å². The molecule has 1 N–H and O–H groups in total. The highest BCUT2D eigenvalue weighted by atomic mass is 79.9. The summed E-state index contributed by atoms with van der Waals surface area (Å²) < 4.78 is 2.46. The predicted molar refractivity (Wildman–Crippen MR) is 66.7 cm³/mol. The lowest BCUT2D eigenvalue weighted by Gasteiger charge is -2.12. The van der Waals surface area contributed by atoms with Gasteiger partial charge in [-0.05, 0) is 21.5 Å². The van der Waals surface area contributed by atoms with E-state index in [4.69, 9.17) is 0 Å². The smallest absolute Gasteiger partial charge is 0.312 e. The number of nitrogens with zero attached hydrogens (tertiary/aromatic N) is 2. The Morgan fingerprint density at radius 2 is 2.12 bits per heavy atom. The summed E-state index contributed by atoms with van der Waals surface area (Å²) in [6.45, 7) is 0.324. The maximum Gasteiger partial charge on any atom is 0.312 e. The van der Waals surface area contributed by atoms with Gasteiger partial charge in [-0.15, -0.1) is 0 Å². The molecule has 88 valence electrons. The van der Waals surface area contributed by atoms with Crippen LogP contribution in [0.15, 0.2) is 47.2 Å². The molecule has 1 atom stereocenters. The van der Waals surface area contributed by atoms with Crippen molar-refractivity contribution in [3.8, 4) is 0 Å². The number of rotatable bonds is 4. The van der Waals surface area contributed by atoms with Crippen LogP contribution in [0.2, 0.25) is 0 Å². The van der Waals surface area contributed by atoms with Crippen LogP contribution in [-0.2, 0) is 11.3 Å². The van der Waals surface area contributed by atoms with Gasteiger partial charge in [0.2, 0.25) is 0 Å². The molecular formula is C12H11BrN2O2. The first kappa shape index (κ1) is 11.9. The zero-order chi connectivity index (χ0) is 12.3. The summed E-state index contributed by atoms with van der Waals surface area (Å²) in [6, 6.07) is 9.18. The summed E-state index contributed by atoms with van der Waals surface area (Å²) in [4.78, 5) is 11.3. The standard InChI is InChI=1S/C12H11BrN2O2/c13-10-6-14-15(7-10)8-11(12(16)17)9-4-2-1-3-5-9/h1-7,11H,8H2,(H,16,17). The highest BCUT2D eigenvalue weighted by molar-refractivity contribution is 9.10. The molecule has 0 fully saturated rings. The second-order valence-corrected chi connectivity index (χ2v) is 4.60. The molecule has 0 aliphatic rings. The molecule has 0 amide bonds. The highest BCUT2D eigenvalue weighted by Gasteiger charge is 2.20. The number of carbonyl (C=O) groups is 1. The van der Waals surface area contributed by atoms with Crippen molar-refractivity contribution in [3.63, 3.8) is 0 Å². The van der Waals surface area contributed by atoms with Crippen LogP contribution in [0, 0.1) is 0 Å². The van der Waals surface area contributed by atoms with E-state index < -0.39 is 11.9 Å². The van der Waals surface area contributed by atoms with E-state index in [2.05, 4.69) is 21.0 Å². The number of carboxylic acids is 1. The van der Waals surface area contributed by atoms with Gasteiger partial charge in [-0.25, -0.2) is 0 Å². The van der Waals surface area contributed by atoms with Crippen molar-refractivity contribution in [1.29, 1.82) is 0 Å². The number of carboxylic acid groups (broad SMARTS) is 1. The molecule has 0 aliphatic carbocycles. The Morgan fingerprint density at radius 1 is 1.41 bits per heavy atom. The number of hydrogen-bond acceptors (Lipinski definition) is 2. The van der Waals surface area contributed by atoms with Crippen molar-refractivity contribution < 1.29 is 9.90 Å². The average molecular weight is 295 g/mol. The monoisotopic (exact) mass is 294 g/mol. The third-order valence-electron chi connectivity index (χ3n) is 2.47. The van der Waals surface area contributed by atoms with Crippen molar-refractivity contribution >= 4 is 21.9 Å². The fourth-order valence-electron chi connectivity index (χ4n) is 1.64. The van der Waals surface area contributed by atoms with E-state index in [1.807, 2.05) is 30.3 Å². The number of halogens is 1. The molecule has 2 rings (SSSR count). The van der Waals surface area contributed by atoms with Gasteiger partial charge in [-0.3, -0.25) is 9.48 Å². The Balaban J connectivity index is 2.22. The van der Waals surface area contributed by atoms with E-state index in [-0.39, 0.29) is 0 Å². The van der Waals surface area contributed by atoms with E-state index in [1.165, 1.54) is 0 Å². The van der Waals surface area contributed by atoms with Crippen LogP contribution in [0.5, 0.6) is 0 Å². The Hall–Kier alpha value is -1.62. The second-order valence-electron chi connectivity index (χ2n) is 3.68. The van der Waals surface area contributed by atoms with Crippen LogP contribution in [-0.4, -0.2) is 20.9 Å². The van der Waals surface area contributed by atoms with Gasteiger partial charge in [0, 0.05) is 6.20 Å². The molecule has 2 aromatic rings. The summed E-state index contributed by atoms with van der Waals surface area (Å²) in [5, 5.41) is 13.3. The van der Waals surface area contributed by atoms with Gasteiger partial charge < -0.3 is 5.11 Å². The minimum atomic E-state index is -0.845. The van der Waals surface area contributed by atoms with Crippen LogP contribution in [0.4, 0.5) is 0 Å². The zero-order valence-corrected chi connectivity index (χ0v) is 10.5. The topological polar surface area (TPSA) is 55.1 Å². The van der Waals surface area contributed by atoms with Gasteiger partial charge in [0.25, 0.3) is 0 Å². The molecule has 17 heavy (non-hydrogen) atoms. The molecule has 1 unspecified atom stereocenters. The number of aromatic nitrogens is 2. The molecule has 5 heteroatoms. The first-order valence-electron chi connectivity index (χ1n) is 5.12. The number of hydrogen-bond donors (Lipinski definition) is 1.